The molecule has 5 heteroatoms. The first-order chi connectivity index (χ1) is 9.54. The summed E-state index contributed by atoms with van der Waals surface area (Å²) in [6, 6.07) is 8.77. The fourth-order valence-corrected chi connectivity index (χ4v) is 2.71. The Morgan fingerprint density at radius 1 is 1.35 bits per heavy atom. The molecule has 0 spiro atoms. The summed E-state index contributed by atoms with van der Waals surface area (Å²) in [6.45, 7) is 0. The third kappa shape index (κ3) is 2.64. The van der Waals surface area contributed by atoms with Crippen molar-refractivity contribution in [3.63, 3.8) is 0 Å². The van der Waals surface area contributed by atoms with Crippen LogP contribution in [0.1, 0.15) is 24.8 Å². The summed E-state index contributed by atoms with van der Waals surface area (Å²) in [5.74, 6) is -2.16. The number of hydrogen-bond donors (Lipinski definition) is 1. The van der Waals surface area contributed by atoms with E-state index >= 15 is 0 Å². The molecular weight excluding hydrogens is 256 g/mol. The number of hydrogen-bond acceptors (Lipinski definition) is 3. The number of aliphatic carboxylic acids is 1. The lowest BCUT2D eigenvalue weighted by Gasteiger charge is -2.23. The van der Waals surface area contributed by atoms with Crippen LogP contribution in [0.15, 0.2) is 24.3 Å². The van der Waals surface area contributed by atoms with Crippen molar-refractivity contribution in [2.45, 2.75) is 19.3 Å². The normalized spacial score (nSPS) is 21.2. The fraction of sp³-hybridized carbons (Fsp3) is 0.400. The van der Waals surface area contributed by atoms with Crippen LogP contribution in [-0.4, -0.2) is 24.0 Å². The molecule has 1 aromatic rings. The molecule has 1 N–H and O–H groups in total. The largest absolute Gasteiger partial charge is 0.481 e. The van der Waals surface area contributed by atoms with Gasteiger partial charge in [-0.05, 0) is 31.0 Å². The van der Waals surface area contributed by atoms with E-state index < -0.39 is 17.8 Å². The summed E-state index contributed by atoms with van der Waals surface area (Å²) in [5, 5.41) is 18.0. The Morgan fingerprint density at radius 3 is 2.70 bits per heavy atom. The predicted molar refractivity (Wildman–Crippen MR) is 73.0 cm³/mol. The van der Waals surface area contributed by atoms with E-state index in [-0.39, 0.29) is 5.91 Å². The van der Waals surface area contributed by atoms with Crippen LogP contribution in [0.2, 0.25) is 0 Å². The van der Waals surface area contributed by atoms with Gasteiger partial charge in [0.2, 0.25) is 5.91 Å². The quantitative estimate of drug-likeness (QED) is 0.912. The highest BCUT2D eigenvalue weighted by molar-refractivity contribution is 5.97. The Kier molecular flexibility index (Phi) is 4.04. The van der Waals surface area contributed by atoms with Crippen molar-refractivity contribution >= 4 is 17.6 Å². The molecule has 1 saturated carbocycles. The monoisotopic (exact) mass is 272 g/mol. The molecule has 0 heterocycles. The van der Waals surface area contributed by atoms with Crippen molar-refractivity contribution in [2.75, 3.05) is 11.9 Å². The molecule has 104 valence electrons. The first-order valence-corrected chi connectivity index (χ1v) is 6.55. The highest BCUT2D eigenvalue weighted by Gasteiger charge is 2.39. The van der Waals surface area contributed by atoms with Crippen LogP contribution < -0.4 is 4.90 Å². The van der Waals surface area contributed by atoms with Gasteiger partial charge >= 0.3 is 5.97 Å². The van der Waals surface area contributed by atoms with Gasteiger partial charge in [-0.1, -0.05) is 12.5 Å². The van der Waals surface area contributed by atoms with Crippen molar-refractivity contribution in [3.05, 3.63) is 29.8 Å². The summed E-state index contributed by atoms with van der Waals surface area (Å²) >= 11 is 0. The number of carboxylic acids is 1. The zero-order valence-electron chi connectivity index (χ0n) is 11.2. The number of nitriles is 1. The molecule has 20 heavy (non-hydrogen) atoms. The first-order valence-electron chi connectivity index (χ1n) is 6.55. The minimum atomic E-state index is -0.903. The molecular formula is C15H16N2O3. The second-order valence-electron chi connectivity index (χ2n) is 5.04. The van der Waals surface area contributed by atoms with Gasteiger partial charge in [0.25, 0.3) is 0 Å². The van der Waals surface area contributed by atoms with Gasteiger partial charge in [-0.3, -0.25) is 9.59 Å². The van der Waals surface area contributed by atoms with Crippen molar-refractivity contribution in [2.24, 2.45) is 11.8 Å². The highest BCUT2D eigenvalue weighted by Crippen LogP contribution is 2.34. The number of rotatable bonds is 3. The second-order valence-corrected chi connectivity index (χ2v) is 5.04. The Hall–Kier alpha value is -2.35. The van der Waals surface area contributed by atoms with E-state index in [1.54, 1.807) is 31.3 Å². The Bertz CT molecular complexity index is 577. The van der Waals surface area contributed by atoms with E-state index in [1.165, 1.54) is 4.90 Å². The first kappa shape index (κ1) is 14.1. The highest BCUT2D eigenvalue weighted by atomic mass is 16.4. The van der Waals surface area contributed by atoms with E-state index in [4.69, 9.17) is 10.4 Å². The number of carbonyl (C=O) groups is 2. The molecule has 1 amide bonds. The summed E-state index contributed by atoms with van der Waals surface area (Å²) < 4.78 is 0. The lowest BCUT2D eigenvalue weighted by molar-refractivity contribution is -0.145. The standard InChI is InChI=1S/C15H16N2O3/c1-17(11-5-2-4-10(8-11)9-16)14(18)12-6-3-7-13(12)15(19)20/h2,4-5,8,12-13H,3,6-7H2,1H3,(H,19,20)/t12-,13+/m1/s1. The minimum Gasteiger partial charge on any atom is -0.481 e. The number of benzene rings is 1. The van der Waals surface area contributed by atoms with Gasteiger partial charge in [0.1, 0.15) is 0 Å². The van der Waals surface area contributed by atoms with Gasteiger partial charge in [0.15, 0.2) is 0 Å². The van der Waals surface area contributed by atoms with E-state index in [9.17, 15) is 9.59 Å². The molecule has 2 rings (SSSR count). The smallest absolute Gasteiger partial charge is 0.307 e. The van der Waals surface area contributed by atoms with E-state index in [0.29, 0.717) is 24.1 Å². The molecule has 0 aliphatic heterocycles. The third-order valence-corrected chi connectivity index (χ3v) is 3.84. The molecule has 5 nitrogen and oxygen atoms in total. The Balaban J connectivity index is 2.20. The van der Waals surface area contributed by atoms with E-state index in [1.807, 2.05) is 6.07 Å². The van der Waals surface area contributed by atoms with Crippen molar-refractivity contribution in [1.29, 1.82) is 5.26 Å². The zero-order valence-corrected chi connectivity index (χ0v) is 11.2. The molecule has 1 aliphatic rings. The molecule has 1 aromatic carbocycles. The minimum absolute atomic E-state index is 0.190. The fourth-order valence-electron chi connectivity index (χ4n) is 2.71. The van der Waals surface area contributed by atoms with Crippen LogP contribution in [0.3, 0.4) is 0 Å². The van der Waals surface area contributed by atoms with Gasteiger partial charge in [-0.15, -0.1) is 0 Å². The molecule has 1 aliphatic carbocycles. The van der Waals surface area contributed by atoms with Crippen LogP contribution in [-0.2, 0) is 9.59 Å². The molecule has 2 atom stereocenters. The van der Waals surface area contributed by atoms with Crippen molar-refractivity contribution in [3.8, 4) is 6.07 Å². The van der Waals surface area contributed by atoms with Crippen LogP contribution in [0.4, 0.5) is 5.69 Å². The van der Waals surface area contributed by atoms with Gasteiger partial charge in [0.05, 0.1) is 23.5 Å². The van der Waals surface area contributed by atoms with Crippen LogP contribution in [0.5, 0.6) is 0 Å². The molecule has 1 fully saturated rings. The molecule has 0 saturated heterocycles. The lowest BCUT2D eigenvalue weighted by Crippen LogP contribution is -2.36. The SMILES string of the molecule is CN(C(=O)[C@@H]1CCC[C@@H]1C(=O)O)c1cccc(C#N)c1. The van der Waals surface area contributed by atoms with Crippen LogP contribution in [0.25, 0.3) is 0 Å². The Morgan fingerprint density at radius 2 is 2.05 bits per heavy atom. The van der Waals surface area contributed by atoms with Crippen molar-refractivity contribution in [1.82, 2.24) is 0 Å². The number of amides is 1. The topological polar surface area (TPSA) is 81.4 Å². The number of carbonyl (C=O) groups excluding carboxylic acids is 1. The lowest BCUT2D eigenvalue weighted by atomic mass is 9.94. The van der Waals surface area contributed by atoms with E-state index in [0.717, 1.165) is 6.42 Å². The maximum atomic E-state index is 12.4. The van der Waals surface area contributed by atoms with E-state index in [2.05, 4.69) is 0 Å². The summed E-state index contributed by atoms with van der Waals surface area (Å²) in [7, 11) is 1.62. The van der Waals surface area contributed by atoms with Gasteiger partial charge < -0.3 is 10.0 Å². The van der Waals surface area contributed by atoms with Gasteiger partial charge in [0, 0.05) is 12.7 Å². The van der Waals surface area contributed by atoms with Crippen LogP contribution >= 0.6 is 0 Å². The zero-order chi connectivity index (χ0) is 14.7. The predicted octanol–water partition coefficient (Wildman–Crippen LogP) is 2.02. The number of carboxylic acid groups (broad SMARTS) is 1. The third-order valence-electron chi connectivity index (χ3n) is 3.84. The van der Waals surface area contributed by atoms with Crippen molar-refractivity contribution < 1.29 is 14.7 Å². The maximum Gasteiger partial charge on any atom is 0.307 e. The summed E-state index contributed by atoms with van der Waals surface area (Å²) in [5.41, 5.74) is 1.09. The Labute approximate surface area is 117 Å². The average Bonchev–Trinajstić information content (AvgIpc) is 2.95. The molecule has 0 aromatic heterocycles. The second kappa shape index (κ2) is 5.74. The summed E-state index contributed by atoms with van der Waals surface area (Å²) in [4.78, 5) is 25.1. The summed E-state index contributed by atoms with van der Waals surface area (Å²) in [6.07, 6.45) is 1.93. The number of nitrogens with zero attached hydrogens (tertiary/aromatic N) is 2. The molecule has 0 radical (unpaired) electrons. The molecule has 0 unspecified atom stereocenters. The number of anilines is 1. The van der Waals surface area contributed by atoms with Crippen LogP contribution in [0, 0.1) is 23.2 Å². The average molecular weight is 272 g/mol. The van der Waals surface area contributed by atoms with Gasteiger partial charge in [-0.2, -0.15) is 5.26 Å². The molecule has 0 bridgehead atoms. The van der Waals surface area contributed by atoms with Gasteiger partial charge in [-0.25, -0.2) is 0 Å². The maximum absolute atomic E-state index is 12.4.